The van der Waals surface area contributed by atoms with Crippen LogP contribution in [0.2, 0.25) is 0 Å². The summed E-state index contributed by atoms with van der Waals surface area (Å²) in [5, 5.41) is 12.3. The van der Waals surface area contributed by atoms with Crippen LogP contribution in [0.3, 0.4) is 0 Å². The van der Waals surface area contributed by atoms with Gasteiger partial charge in [-0.1, -0.05) is 26.0 Å². The number of halogens is 2. The predicted octanol–water partition coefficient (Wildman–Crippen LogP) is 3.35. The Bertz CT molecular complexity index is 411. The fourth-order valence-corrected chi connectivity index (χ4v) is 1.90. The van der Waals surface area contributed by atoms with Crippen LogP contribution in [0, 0.1) is 5.41 Å². The van der Waals surface area contributed by atoms with Crippen LogP contribution in [0.1, 0.15) is 38.8 Å². The Morgan fingerprint density at radius 2 is 2.05 bits per heavy atom. The quantitative estimate of drug-likeness (QED) is 0.770. The molecule has 20 heavy (non-hydrogen) atoms. The van der Waals surface area contributed by atoms with Crippen molar-refractivity contribution >= 4 is 0 Å². The van der Waals surface area contributed by atoms with Gasteiger partial charge >= 0.3 is 6.61 Å². The van der Waals surface area contributed by atoms with Gasteiger partial charge in [-0.3, -0.25) is 0 Å². The minimum absolute atomic E-state index is 0.0138. The number of hydrogen-bond donors (Lipinski definition) is 2. The van der Waals surface area contributed by atoms with Crippen LogP contribution in [0.5, 0.6) is 5.75 Å². The molecule has 0 saturated heterocycles. The van der Waals surface area contributed by atoms with Crippen molar-refractivity contribution in [2.24, 2.45) is 5.41 Å². The summed E-state index contributed by atoms with van der Waals surface area (Å²) in [5.74, 6) is 0.167. The predicted molar refractivity (Wildman–Crippen MR) is 75.0 cm³/mol. The molecular weight excluding hydrogens is 264 g/mol. The standard InChI is InChI=1S/C15H23F2NO2/c1-11(18-10-15(2,3)7-8-19)12-5-4-6-13(9-12)20-14(16)17/h4-6,9,11,14,18-19H,7-8,10H2,1-3H3. The highest BCUT2D eigenvalue weighted by Crippen LogP contribution is 2.23. The van der Waals surface area contributed by atoms with Crippen molar-refractivity contribution in [1.82, 2.24) is 5.32 Å². The molecule has 0 spiro atoms. The van der Waals surface area contributed by atoms with Gasteiger partial charge in [0.1, 0.15) is 5.75 Å². The second-order valence-corrected chi connectivity index (χ2v) is 5.69. The summed E-state index contributed by atoms with van der Waals surface area (Å²) >= 11 is 0. The van der Waals surface area contributed by atoms with Crippen LogP contribution in [0.4, 0.5) is 8.78 Å². The summed E-state index contributed by atoms with van der Waals surface area (Å²) in [6.07, 6.45) is 0.710. The normalized spacial score (nSPS) is 13.6. The van der Waals surface area contributed by atoms with Crippen LogP contribution in [0.25, 0.3) is 0 Å². The Morgan fingerprint density at radius 3 is 2.65 bits per heavy atom. The fraction of sp³-hybridized carbons (Fsp3) is 0.600. The molecule has 0 saturated carbocycles. The van der Waals surface area contributed by atoms with E-state index in [1.165, 1.54) is 6.07 Å². The van der Waals surface area contributed by atoms with Crippen molar-refractivity contribution in [1.29, 1.82) is 0 Å². The Balaban J connectivity index is 2.61. The van der Waals surface area contributed by atoms with Crippen LogP contribution < -0.4 is 10.1 Å². The molecule has 0 bridgehead atoms. The van der Waals surface area contributed by atoms with Crippen molar-refractivity contribution < 1.29 is 18.6 Å². The average Bonchev–Trinajstić information content (AvgIpc) is 2.35. The van der Waals surface area contributed by atoms with Gasteiger partial charge in [-0.25, -0.2) is 0 Å². The molecule has 0 aliphatic heterocycles. The lowest BCUT2D eigenvalue weighted by Crippen LogP contribution is -2.32. The van der Waals surface area contributed by atoms with Crippen molar-refractivity contribution in [2.45, 2.75) is 39.8 Å². The Labute approximate surface area is 119 Å². The Kier molecular flexibility index (Phi) is 6.36. The molecule has 1 unspecified atom stereocenters. The van der Waals surface area contributed by atoms with Gasteiger partial charge in [0.15, 0.2) is 0 Å². The van der Waals surface area contributed by atoms with E-state index in [0.29, 0.717) is 6.42 Å². The maximum Gasteiger partial charge on any atom is 0.387 e. The van der Waals surface area contributed by atoms with Crippen molar-refractivity contribution in [3.63, 3.8) is 0 Å². The number of aliphatic hydroxyl groups is 1. The highest BCUT2D eigenvalue weighted by atomic mass is 19.3. The molecule has 3 nitrogen and oxygen atoms in total. The number of benzene rings is 1. The first-order chi connectivity index (χ1) is 9.34. The fourth-order valence-electron chi connectivity index (χ4n) is 1.90. The summed E-state index contributed by atoms with van der Waals surface area (Å²) in [6, 6.07) is 6.72. The number of ether oxygens (including phenoxy) is 1. The summed E-state index contributed by atoms with van der Waals surface area (Å²) in [5.41, 5.74) is 0.878. The largest absolute Gasteiger partial charge is 0.435 e. The minimum atomic E-state index is -2.81. The number of hydrogen-bond acceptors (Lipinski definition) is 3. The van der Waals surface area contributed by atoms with Gasteiger partial charge in [0.25, 0.3) is 0 Å². The molecule has 1 aromatic rings. The molecule has 0 amide bonds. The molecule has 1 atom stereocenters. The Morgan fingerprint density at radius 1 is 1.35 bits per heavy atom. The first-order valence-electron chi connectivity index (χ1n) is 6.73. The van der Waals surface area contributed by atoms with E-state index in [0.717, 1.165) is 12.1 Å². The van der Waals surface area contributed by atoms with Gasteiger partial charge in [0, 0.05) is 19.2 Å². The number of nitrogens with one attached hydrogen (secondary N) is 1. The zero-order valence-electron chi connectivity index (χ0n) is 12.2. The second kappa shape index (κ2) is 7.55. The molecule has 114 valence electrons. The highest BCUT2D eigenvalue weighted by Gasteiger charge is 2.18. The van der Waals surface area contributed by atoms with E-state index in [1.807, 2.05) is 13.0 Å². The van der Waals surface area contributed by atoms with Crippen LogP contribution in [-0.4, -0.2) is 24.9 Å². The van der Waals surface area contributed by atoms with E-state index in [9.17, 15) is 8.78 Å². The second-order valence-electron chi connectivity index (χ2n) is 5.69. The molecule has 1 aromatic carbocycles. The van der Waals surface area contributed by atoms with E-state index in [1.54, 1.807) is 12.1 Å². The Hall–Kier alpha value is -1.20. The molecule has 0 fully saturated rings. The van der Waals surface area contributed by atoms with E-state index in [-0.39, 0.29) is 23.8 Å². The van der Waals surface area contributed by atoms with E-state index in [2.05, 4.69) is 23.9 Å². The molecule has 0 radical (unpaired) electrons. The monoisotopic (exact) mass is 287 g/mol. The third kappa shape index (κ3) is 5.84. The summed E-state index contributed by atoms with van der Waals surface area (Å²) in [6.45, 7) is 4.18. The molecule has 2 N–H and O–H groups in total. The number of alkyl halides is 2. The topological polar surface area (TPSA) is 41.5 Å². The minimum Gasteiger partial charge on any atom is -0.435 e. The number of rotatable bonds is 8. The van der Waals surface area contributed by atoms with E-state index < -0.39 is 6.61 Å². The lowest BCUT2D eigenvalue weighted by molar-refractivity contribution is -0.0499. The van der Waals surface area contributed by atoms with Crippen molar-refractivity contribution in [3.05, 3.63) is 29.8 Å². The van der Waals surface area contributed by atoms with Gasteiger partial charge in [0.05, 0.1) is 0 Å². The third-order valence-corrected chi connectivity index (χ3v) is 3.26. The smallest absolute Gasteiger partial charge is 0.387 e. The molecule has 0 aliphatic carbocycles. The van der Waals surface area contributed by atoms with E-state index >= 15 is 0 Å². The third-order valence-electron chi connectivity index (χ3n) is 3.26. The molecule has 0 heterocycles. The summed E-state index contributed by atoms with van der Waals surface area (Å²) in [4.78, 5) is 0. The molecule has 0 aromatic heterocycles. The lowest BCUT2D eigenvalue weighted by Gasteiger charge is -2.26. The zero-order valence-corrected chi connectivity index (χ0v) is 12.2. The van der Waals surface area contributed by atoms with Crippen molar-refractivity contribution in [3.8, 4) is 5.75 Å². The van der Waals surface area contributed by atoms with Crippen LogP contribution in [0.15, 0.2) is 24.3 Å². The van der Waals surface area contributed by atoms with Gasteiger partial charge in [-0.2, -0.15) is 8.78 Å². The molecule has 1 rings (SSSR count). The summed E-state index contributed by atoms with van der Waals surface area (Å²) in [7, 11) is 0. The van der Waals surface area contributed by atoms with Gasteiger partial charge in [-0.05, 0) is 36.5 Å². The molecule has 5 heteroatoms. The maximum atomic E-state index is 12.2. The average molecular weight is 287 g/mol. The van der Waals surface area contributed by atoms with Crippen LogP contribution in [-0.2, 0) is 0 Å². The van der Waals surface area contributed by atoms with E-state index in [4.69, 9.17) is 5.11 Å². The van der Waals surface area contributed by atoms with Gasteiger partial charge in [0.2, 0.25) is 0 Å². The maximum absolute atomic E-state index is 12.2. The number of aliphatic hydroxyl groups excluding tert-OH is 1. The van der Waals surface area contributed by atoms with Gasteiger partial charge in [-0.15, -0.1) is 0 Å². The van der Waals surface area contributed by atoms with Crippen LogP contribution >= 0.6 is 0 Å². The molecule has 0 aliphatic rings. The highest BCUT2D eigenvalue weighted by molar-refractivity contribution is 5.30. The lowest BCUT2D eigenvalue weighted by atomic mass is 9.89. The first kappa shape index (κ1) is 16.9. The van der Waals surface area contributed by atoms with Gasteiger partial charge < -0.3 is 15.2 Å². The molecular formula is C15H23F2NO2. The first-order valence-corrected chi connectivity index (χ1v) is 6.73. The zero-order chi connectivity index (χ0) is 15.2. The van der Waals surface area contributed by atoms with Crippen molar-refractivity contribution in [2.75, 3.05) is 13.2 Å². The SMILES string of the molecule is CC(NCC(C)(C)CCO)c1cccc(OC(F)F)c1. The summed E-state index contributed by atoms with van der Waals surface area (Å²) < 4.78 is 28.8.